The summed E-state index contributed by atoms with van der Waals surface area (Å²) in [6.45, 7) is 10.7. The third kappa shape index (κ3) is 5.10. The average molecular weight is 290 g/mol. The van der Waals surface area contributed by atoms with E-state index in [4.69, 9.17) is 0 Å². The van der Waals surface area contributed by atoms with Gasteiger partial charge in [0.2, 0.25) is 0 Å². The Morgan fingerprint density at radius 1 is 1.14 bits per heavy atom. The SMILES string of the molecule is CC(C)C(C)NCc1ccccc1CN1CCC(O)CC1. The summed E-state index contributed by atoms with van der Waals surface area (Å²) >= 11 is 0. The van der Waals surface area contributed by atoms with Gasteiger partial charge in [-0.1, -0.05) is 38.1 Å². The smallest absolute Gasteiger partial charge is 0.0564 e. The number of hydrogen-bond acceptors (Lipinski definition) is 3. The third-order valence-electron chi connectivity index (χ3n) is 4.68. The minimum absolute atomic E-state index is 0.0925. The van der Waals surface area contributed by atoms with Crippen LogP contribution in [0.15, 0.2) is 24.3 Å². The summed E-state index contributed by atoms with van der Waals surface area (Å²) in [6, 6.07) is 9.25. The molecule has 2 rings (SSSR count). The van der Waals surface area contributed by atoms with E-state index in [0.717, 1.165) is 39.0 Å². The third-order valence-corrected chi connectivity index (χ3v) is 4.68. The molecular formula is C18H30N2O. The molecule has 0 saturated carbocycles. The maximum Gasteiger partial charge on any atom is 0.0564 e. The van der Waals surface area contributed by atoms with Crippen molar-refractivity contribution in [3.05, 3.63) is 35.4 Å². The summed E-state index contributed by atoms with van der Waals surface area (Å²) in [5, 5.41) is 13.2. The van der Waals surface area contributed by atoms with Crippen molar-refractivity contribution in [1.82, 2.24) is 10.2 Å². The van der Waals surface area contributed by atoms with Crippen molar-refractivity contribution >= 4 is 0 Å². The van der Waals surface area contributed by atoms with E-state index in [-0.39, 0.29) is 6.10 Å². The maximum absolute atomic E-state index is 9.61. The first-order valence-corrected chi connectivity index (χ1v) is 8.27. The van der Waals surface area contributed by atoms with Crippen LogP contribution in [0.5, 0.6) is 0 Å². The summed E-state index contributed by atoms with van der Waals surface area (Å²) < 4.78 is 0. The van der Waals surface area contributed by atoms with Crippen LogP contribution in [0.4, 0.5) is 0 Å². The van der Waals surface area contributed by atoms with Gasteiger partial charge in [-0.3, -0.25) is 4.90 Å². The number of piperidine rings is 1. The number of nitrogens with one attached hydrogen (secondary N) is 1. The summed E-state index contributed by atoms with van der Waals surface area (Å²) in [5.74, 6) is 0.653. The molecule has 1 fully saturated rings. The predicted octanol–water partition coefficient (Wildman–Crippen LogP) is 2.78. The van der Waals surface area contributed by atoms with E-state index in [0.29, 0.717) is 12.0 Å². The molecule has 0 amide bonds. The molecular weight excluding hydrogens is 260 g/mol. The van der Waals surface area contributed by atoms with Crippen molar-refractivity contribution in [2.75, 3.05) is 13.1 Å². The normalized spacial score (nSPS) is 19.1. The Morgan fingerprint density at radius 3 is 2.38 bits per heavy atom. The van der Waals surface area contributed by atoms with E-state index in [2.05, 4.69) is 55.3 Å². The minimum atomic E-state index is -0.0925. The van der Waals surface area contributed by atoms with Crippen molar-refractivity contribution in [3.8, 4) is 0 Å². The highest BCUT2D eigenvalue weighted by molar-refractivity contribution is 5.27. The van der Waals surface area contributed by atoms with E-state index in [9.17, 15) is 5.11 Å². The minimum Gasteiger partial charge on any atom is -0.393 e. The Balaban J connectivity index is 1.93. The van der Waals surface area contributed by atoms with E-state index in [1.54, 1.807) is 0 Å². The molecule has 1 aromatic rings. The van der Waals surface area contributed by atoms with Crippen molar-refractivity contribution in [2.24, 2.45) is 5.92 Å². The molecule has 3 nitrogen and oxygen atoms in total. The lowest BCUT2D eigenvalue weighted by molar-refractivity contribution is 0.0791. The number of aliphatic hydroxyl groups is 1. The Labute approximate surface area is 129 Å². The molecule has 1 heterocycles. The van der Waals surface area contributed by atoms with Crippen LogP contribution >= 0.6 is 0 Å². The van der Waals surface area contributed by atoms with Crippen LogP contribution in [-0.2, 0) is 13.1 Å². The molecule has 0 spiro atoms. The van der Waals surface area contributed by atoms with E-state index >= 15 is 0 Å². The zero-order valence-electron chi connectivity index (χ0n) is 13.7. The standard InChI is InChI=1S/C18H30N2O/c1-14(2)15(3)19-12-16-6-4-5-7-17(16)13-20-10-8-18(21)9-11-20/h4-7,14-15,18-19,21H,8-13H2,1-3H3. The summed E-state index contributed by atoms with van der Waals surface area (Å²) in [5.41, 5.74) is 2.81. The monoisotopic (exact) mass is 290 g/mol. The fourth-order valence-corrected chi connectivity index (χ4v) is 2.71. The van der Waals surface area contributed by atoms with Gasteiger partial charge in [0.15, 0.2) is 0 Å². The highest BCUT2D eigenvalue weighted by Crippen LogP contribution is 2.17. The summed E-state index contributed by atoms with van der Waals surface area (Å²) in [6.07, 6.45) is 1.72. The van der Waals surface area contributed by atoms with Crippen LogP contribution in [0, 0.1) is 5.92 Å². The van der Waals surface area contributed by atoms with Gasteiger partial charge < -0.3 is 10.4 Å². The lowest BCUT2D eigenvalue weighted by Crippen LogP contribution is -2.36. The molecule has 1 unspecified atom stereocenters. The molecule has 0 aromatic heterocycles. The lowest BCUT2D eigenvalue weighted by Gasteiger charge is -2.30. The number of nitrogens with zero attached hydrogens (tertiary/aromatic N) is 1. The molecule has 0 aliphatic carbocycles. The Hall–Kier alpha value is -0.900. The average Bonchev–Trinajstić information content (AvgIpc) is 2.48. The molecule has 21 heavy (non-hydrogen) atoms. The summed E-state index contributed by atoms with van der Waals surface area (Å²) in [7, 11) is 0. The van der Waals surface area contributed by atoms with Crippen LogP contribution < -0.4 is 5.32 Å². The molecule has 1 aliphatic rings. The first kappa shape index (κ1) is 16.5. The van der Waals surface area contributed by atoms with Crippen molar-refractivity contribution < 1.29 is 5.11 Å². The number of rotatable bonds is 6. The zero-order chi connectivity index (χ0) is 15.2. The van der Waals surface area contributed by atoms with Gasteiger partial charge >= 0.3 is 0 Å². The van der Waals surface area contributed by atoms with Crippen molar-refractivity contribution in [1.29, 1.82) is 0 Å². The molecule has 1 atom stereocenters. The second kappa shape index (κ2) is 7.92. The van der Waals surface area contributed by atoms with Gasteiger partial charge in [0.25, 0.3) is 0 Å². The number of benzene rings is 1. The lowest BCUT2D eigenvalue weighted by atomic mass is 10.0. The maximum atomic E-state index is 9.61. The van der Waals surface area contributed by atoms with Crippen LogP contribution in [0.25, 0.3) is 0 Å². The van der Waals surface area contributed by atoms with Gasteiger partial charge in [-0.05, 0) is 36.8 Å². The molecule has 2 N–H and O–H groups in total. The molecule has 118 valence electrons. The van der Waals surface area contributed by atoms with Gasteiger partial charge in [0.1, 0.15) is 0 Å². The van der Waals surface area contributed by atoms with Crippen molar-refractivity contribution in [2.45, 2.75) is 58.8 Å². The second-order valence-corrected chi connectivity index (χ2v) is 6.69. The fraction of sp³-hybridized carbons (Fsp3) is 0.667. The molecule has 1 saturated heterocycles. The molecule has 0 bridgehead atoms. The van der Waals surface area contributed by atoms with Crippen LogP contribution in [0.3, 0.4) is 0 Å². The van der Waals surface area contributed by atoms with Crippen LogP contribution in [-0.4, -0.2) is 35.2 Å². The van der Waals surface area contributed by atoms with Gasteiger partial charge in [-0.25, -0.2) is 0 Å². The Bertz CT molecular complexity index is 425. The largest absolute Gasteiger partial charge is 0.393 e. The Morgan fingerprint density at radius 2 is 1.76 bits per heavy atom. The quantitative estimate of drug-likeness (QED) is 0.845. The molecule has 3 heteroatoms. The van der Waals surface area contributed by atoms with Crippen LogP contribution in [0.2, 0.25) is 0 Å². The van der Waals surface area contributed by atoms with Gasteiger partial charge in [0.05, 0.1) is 6.10 Å². The Kier molecular flexibility index (Phi) is 6.22. The van der Waals surface area contributed by atoms with Crippen molar-refractivity contribution in [3.63, 3.8) is 0 Å². The first-order valence-electron chi connectivity index (χ1n) is 8.27. The van der Waals surface area contributed by atoms with Crippen LogP contribution in [0.1, 0.15) is 44.7 Å². The molecule has 0 radical (unpaired) electrons. The highest BCUT2D eigenvalue weighted by atomic mass is 16.3. The van der Waals surface area contributed by atoms with E-state index in [1.807, 2.05) is 0 Å². The topological polar surface area (TPSA) is 35.5 Å². The van der Waals surface area contributed by atoms with E-state index in [1.165, 1.54) is 11.1 Å². The number of likely N-dealkylation sites (tertiary alicyclic amines) is 1. The fourth-order valence-electron chi connectivity index (χ4n) is 2.71. The zero-order valence-corrected chi connectivity index (χ0v) is 13.7. The highest BCUT2D eigenvalue weighted by Gasteiger charge is 2.17. The molecule has 1 aliphatic heterocycles. The predicted molar refractivity (Wildman–Crippen MR) is 88.1 cm³/mol. The number of hydrogen-bond donors (Lipinski definition) is 2. The van der Waals surface area contributed by atoms with Gasteiger partial charge in [-0.15, -0.1) is 0 Å². The molecule has 1 aromatic carbocycles. The number of aliphatic hydroxyl groups excluding tert-OH is 1. The van der Waals surface area contributed by atoms with Gasteiger partial charge in [-0.2, -0.15) is 0 Å². The summed E-state index contributed by atoms with van der Waals surface area (Å²) in [4.78, 5) is 2.46. The first-order chi connectivity index (χ1) is 10.1. The van der Waals surface area contributed by atoms with Gasteiger partial charge in [0, 0.05) is 32.2 Å². The second-order valence-electron chi connectivity index (χ2n) is 6.69. The van der Waals surface area contributed by atoms with E-state index < -0.39 is 0 Å².